The van der Waals surface area contributed by atoms with Crippen LogP contribution in [0.25, 0.3) is 0 Å². The summed E-state index contributed by atoms with van der Waals surface area (Å²) in [6.45, 7) is 2.69. The first-order chi connectivity index (χ1) is 9.74. The molecule has 0 fully saturated rings. The van der Waals surface area contributed by atoms with Crippen LogP contribution in [0.4, 0.5) is 5.69 Å². The molecule has 0 unspecified atom stereocenters. The Hall–Kier alpha value is -2.56. The van der Waals surface area contributed by atoms with Gasteiger partial charge >= 0.3 is 0 Å². The molecule has 0 spiro atoms. The van der Waals surface area contributed by atoms with Crippen LogP contribution in [-0.4, -0.2) is 16.0 Å². The van der Waals surface area contributed by atoms with E-state index in [9.17, 15) is 0 Å². The molecule has 0 bridgehead atoms. The highest BCUT2D eigenvalue weighted by molar-refractivity contribution is 5.96. The van der Waals surface area contributed by atoms with Crippen LogP contribution in [0.1, 0.15) is 23.7 Å². The lowest BCUT2D eigenvalue weighted by Crippen LogP contribution is -2.18. The van der Waals surface area contributed by atoms with Gasteiger partial charge in [-0.05, 0) is 30.2 Å². The van der Waals surface area contributed by atoms with Crippen molar-refractivity contribution < 1.29 is 5.21 Å². The standard InChI is InChI=1S/C15H18N4O/c1-2-11-5-7-13(8-6-11)18-10-12-4-3-9-17-14(12)15(16)19-20/h3-9,18,20H,2,10H2,1H3,(H2,16,19). The molecule has 5 heteroatoms. The molecule has 0 saturated heterocycles. The molecule has 0 atom stereocenters. The van der Waals surface area contributed by atoms with E-state index in [0.29, 0.717) is 12.2 Å². The van der Waals surface area contributed by atoms with Gasteiger partial charge in [-0.15, -0.1) is 0 Å². The molecule has 5 nitrogen and oxygen atoms in total. The van der Waals surface area contributed by atoms with E-state index in [1.807, 2.05) is 24.3 Å². The minimum Gasteiger partial charge on any atom is -0.409 e. The molecule has 0 aliphatic carbocycles. The van der Waals surface area contributed by atoms with Gasteiger partial charge in [0.15, 0.2) is 5.84 Å². The summed E-state index contributed by atoms with van der Waals surface area (Å²) in [5.74, 6) is 0.0173. The second kappa shape index (κ2) is 6.56. The molecule has 0 aliphatic heterocycles. The van der Waals surface area contributed by atoms with Gasteiger partial charge in [0.25, 0.3) is 0 Å². The second-order valence-electron chi connectivity index (χ2n) is 4.40. The zero-order valence-corrected chi connectivity index (χ0v) is 11.4. The van der Waals surface area contributed by atoms with Gasteiger partial charge in [0, 0.05) is 24.0 Å². The van der Waals surface area contributed by atoms with E-state index < -0.39 is 0 Å². The first-order valence-corrected chi connectivity index (χ1v) is 6.49. The SMILES string of the molecule is CCc1ccc(NCc2cccnc2C(N)=NO)cc1. The number of hydrogen-bond donors (Lipinski definition) is 3. The number of aryl methyl sites for hydroxylation is 1. The lowest BCUT2D eigenvalue weighted by Gasteiger charge is -2.10. The quantitative estimate of drug-likeness (QED) is 0.337. The predicted octanol–water partition coefficient (Wildman–Crippen LogP) is 2.35. The Morgan fingerprint density at radius 2 is 2.05 bits per heavy atom. The number of rotatable bonds is 5. The summed E-state index contributed by atoms with van der Waals surface area (Å²) in [5.41, 5.74) is 9.31. The summed E-state index contributed by atoms with van der Waals surface area (Å²) < 4.78 is 0. The molecular formula is C15H18N4O. The molecule has 1 aromatic carbocycles. The fourth-order valence-electron chi connectivity index (χ4n) is 1.91. The van der Waals surface area contributed by atoms with Gasteiger partial charge in [-0.2, -0.15) is 0 Å². The van der Waals surface area contributed by atoms with Crippen LogP contribution in [0.5, 0.6) is 0 Å². The number of amidine groups is 1. The third-order valence-corrected chi connectivity index (χ3v) is 3.09. The number of aromatic nitrogens is 1. The third-order valence-electron chi connectivity index (χ3n) is 3.09. The highest BCUT2D eigenvalue weighted by Gasteiger charge is 2.07. The summed E-state index contributed by atoms with van der Waals surface area (Å²) in [5, 5.41) is 15.1. The molecular weight excluding hydrogens is 252 g/mol. The van der Waals surface area contributed by atoms with Crippen molar-refractivity contribution in [3.8, 4) is 0 Å². The maximum absolute atomic E-state index is 8.76. The monoisotopic (exact) mass is 270 g/mol. The number of benzene rings is 1. The molecule has 4 N–H and O–H groups in total. The average Bonchev–Trinajstić information content (AvgIpc) is 2.53. The number of nitrogens with two attached hydrogens (primary N) is 1. The van der Waals surface area contributed by atoms with Gasteiger partial charge in [-0.1, -0.05) is 30.3 Å². The summed E-state index contributed by atoms with van der Waals surface area (Å²) >= 11 is 0. The second-order valence-corrected chi connectivity index (χ2v) is 4.40. The van der Waals surface area contributed by atoms with E-state index >= 15 is 0 Å². The third kappa shape index (κ3) is 3.26. The zero-order chi connectivity index (χ0) is 14.4. The Morgan fingerprint density at radius 3 is 2.70 bits per heavy atom. The van der Waals surface area contributed by atoms with Crippen LogP contribution in [0.2, 0.25) is 0 Å². The fourth-order valence-corrected chi connectivity index (χ4v) is 1.91. The lowest BCUT2D eigenvalue weighted by atomic mass is 10.1. The van der Waals surface area contributed by atoms with E-state index in [0.717, 1.165) is 17.7 Å². The van der Waals surface area contributed by atoms with E-state index in [1.165, 1.54) is 5.56 Å². The summed E-state index contributed by atoms with van der Waals surface area (Å²) in [6, 6.07) is 12.0. The molecule has 0 amide bonds. The first-order valence-electron chi connectivity index (χ1n) is 6.49. The van der Waals surface area contributed by atoms with Crippen LogP contribution >= 0.6 is 0 Å². The van der Waals surface area contributed by atoms with Gasteiger partial charge in [0.05, 0.1) is 0 Å². The summed E-state index contributed by atoms with van der Waals surface area (Å²) in [6.07, 6.45) is 2.64. The van der Waals surface area contributed by atoms with Crippen LogP contribution < -0.4 is 11.1 Å². The summed E-state index contributed by atoms with van der Waals surface area (Å²) in [4.78, 5) is 4.13. The fraction of sp³-hybridized carbons (Fsp3) is 0.200. The Morgan fingerprint density at radius 1 is 1.30 bits per heavy atom. The van der Waals surface area contributed by atoms with Gasteiger partial charge in [-0.3, -0.25) is 4.98 Å². The maximum Gasteiger partial charge on any atom is 0.189 e. The van der Waals surface area contributed by atoms with Crippen molar-refractivity contribution in [2.24, 2.45) is 10.9 Å². The maximum atomic E-state index is 8.76. The smallest absolute Gasteiger partial charge is 0.189 e. The van der Waals surface area contributed by atoms with E-state index in [1.54, 1.807) is 6.20 Å². The number of nitrogens with one attached hydrogen (secondary N) is 1. The van der Waals surface area contributed by atoms with Crippen molar-refractivity contribution in [1.29, 1.82) is 0 Å². The Labute approximate surface area is 118 Å². The molecule has 104 valence electrons. The molecule has 2 rings (SSSR count). The van der Waals surface area contributed by atoms with Crippen LogP contribution in [0, 0.1) is 0 Å². The zero-order valence-electron chi connectivity index (χ0n) is 11.4. The van der Waals surface area contributed by atoms with Crippen molar-refractivity contribution in [2.75, 3.05) is 5.32 Å². The number of oxime groups is 1. The van der Waals surface area contributed by atoms with Crippen molar-refractivity contribution in [2.45, 2.75) is 19.9 Å². The number of anilines is 1. The molecule has 0 aliphatic rings. The molecule has 2 aromatic rings. The largest absolute Gasteiger partial charge is 0.409 e. The number of pyridine rings is 1. The van der Waals surface area contributed by atoms with Gasteiger partial charge < -0.3 is 16.3 Å². The molecule has 20 heavy (non-hydrogen) atoms. The number of hydrogen-bond acceptors (Lipinski definition) is 4. The highest BCUT2D eigenvalue weighted by atomic mass is 16.4. The Kier molecular flexibility index (Phi) is 4.55. The van der Waals surface area contributed by atoms with E-state index in [-0.39, 0.29) is 5.84 Å². The van der Waals surface area contributed by atoms with Crippen LogP contribution in [-0.2, 0) is 13.0 Å². The number of nitrogens with zero attached hydrogens (tertiary/aromatic N) is 2. The van der Waals surface area contributed by atoms with Crippen LogP contribution in [0.3, 0.4) is 0 Å². The van der Waals surface area contributed by atoms with Crippen molar-refractivity contribution in [1.82, 2.24) is 4.98 Å². The molecule has 0 radical (unpaired) electrons. The van der Waals surface area contributed by atoms with Crippen molar-refractivity contribution in [3.63, 3.8) is 0 Å². The first kappa shape index (κ1) is 13.9. The molecule has 1 aromatic heterocycles. The predicted molar refractivity (Wildman–Crippen MR) is 79.9 cm³/mol. The highest BCUT2D eigenvalue weighted by Crippen LogP contribution is 2.13. The van der Waals surface area contributed by atoms with Crippen molar-refractivity contribution in [3.05, 3.63) is 59.4 Å². The normalized spacial score (nSPS) is 11.3. The average molecular weight is 270 g/mol. The van der Waals surface area contributed by atoms with Gasteiger partial charge in [0.2, 0.25) is 0 Å². The van der Waals surface area contributed by atoms with Crippen LogP contribution in [0.15, 0.2) is 47.8 Å². The summed E-state index contributed by atoms with van der Waals surface area (Å²) in [7, 11) is 0. The van der Waals surface area contributed by atoms with Gasteiger partial charge in [-0.25, -0.2) is 0 Å². The Bertz CT molecular complexity index is 593. The minimum absolute atomic E-state index is 0.0173. The van der Waals surface area contributed by atoms with E-state index in [2.05, 4.69) is 34.5 Å². The van der Waals surface area contributed by atoms with E-state index in [4.69, 9.17) is 10.9 Å². The molecule has 0 saturated carbocycles. The lowest BCUT2D eigenvalue weighted by molar-refractivity contribution is 0.318. The minimum atomic E-state index is 0.0173. The topological polar surface area (TPSA) is 83.5 Å². The molecule has 1 heterocycles. The van der Waals surface area contributed by atoms with Crippen molar-refractivity contribution >= 4 is 11.5 Å². The van der Waals surface area contributed by atoms with Gasteiger partial charge in [0.1, 0.15) is 5.69 Å². The Balaban J connectivity index is 2.10.